The fraction of sp³-hybridized carbons (Fsp3) is 0.312. The zero-order chi connectivity index (χ0) is 17.4. The quantitative estimate of drug-likeness (QED) is 0.602. The molecule has 7 heteroatoms. The molecule has 0 aromatic heterocycles. The third-order valence-corrected chi connectivity index (χ3v) is 2.79. The maximum atomic E-state index is 11.6. The minimum Gasteiger partial charge on any atom is -0.497 e. The predicted molar refractivity (Wildman–Crippen MR) is 80.8 cm³/mol. The zero-order valence-corrected chi connectivity index (χ0v) is 13.0. The Morgan fingerprint density at radius 3 is 2.17 bits per heavy atom. The van der Waals surface area contributed by atoms with Crippen molar-refractivity contribution in [1.82, 2.24) is 0 Å². The van der Waals surface area contributed by atoms with Crippen LogP contribution in [0.1, 0.15) is 19.4 Å². The zero-order valence-electron chi connectivity index (χ0n) is 13.0. The molecule has 1 N–H and O–H groups in total. The van der Waals surface area contributed by atoms with Crippen molar-refractivity contribution in [3.05, 3.63) is 35.9 Å². The van der Waals surface area contributed by atoms with Crippen molar-refractivity contribution in [3.63, 3.8) is 0 Å². The van der Waals surface area contributed by atoms with Gasteiger partial charge in [0.25, 0.3) is 0 Å². The van der Waals surface area contributed by atoms with Crippen LogP contribution in [0.15, 0.2) is 30.3 Å². The van der Waals surface area contributed by atoms with Gasteiger partial charge in [-0.25, -0.2) is 14.4 Å². The third kappa shape index (κ3) is 6.21. The van der Waals surface area contributed by atoms with Crippen LogP contribution in [0.4, 0.5) is 0 Å². The van der Waals surface area contributed by atoms with Gasteiger partial charge in [-0.2, -0.15) is 0 Å². The molecule has 23 heavy (non-hydrogen) atoms. The average molecular weight is 322 g/mol. The first-order valence-electron chi connectivity index (χ1n) is 6.79. The van der Waals surface area contributed by atoms with E-state index < -0.39 is 30.1 Å². The summed E-state index contributed by atoms with van der Waals surface area (Å²) in [5.41, 5.74) is 0.748. The molecule has 7 nitrogen and oxygen atoms in total. The summed E-state index contributed by atoms with van der Waals surface area (Å²) in [6.45, 7) is 2.51. The van der Waals surface area contributed by atoms with Gasteiger partial charge in [0, 0.05) is 6.08 Å². The van der Waals surface area contributed by atoms with Crippen molar-refractivity contribution in [1.29, 1.82) is 0 Å². The molecule has 124 valence electrons. The summed E-state index contributed by atoms with van der Waals surface area (Å²) in [5, 5.41) is 8.64. The van der Waals surface area contributed by atoms with Crippen molar-refractivity contribution in [2.45, 2.75) is 26.1 Å². The van der Waals surface area contributed by atoms with E-state index in [9.17, 15) is 14.4 Å². The molecule has 0 aliphatic heterocycles. The number of carbonyl (C=O) groups excluding carboxylic acids is 2. The Hall–Kier alpha value is -2.83. The van der Waals surface area contributed by atoms with Crippen LogP contribution < -0.4 is 4.74 Å². The van der Waals surface area contributed by atoms with E-state index in [1.807, 2.05) is 0 Å². The van der Waals surface area contributed by atoms with Crippen molar-refractivity contribution in [3.8, 4) is 5.75 Å². The maximum absolute atomic E-state index is 11.6. The van der Waals surface area contributed by atoms with Gasteiger partial charge < -0.3 is 19.3 Å². The second kappa shape index (κ2) is 8.57. The number of aliphatic carboxylic acids is 1. The van der Waals surface area contributed by atoms with Crippen LogP contribution in [0.2, 0.25) is 0 Å². The van der Waals surface area contributed by atoms with Gasteiger partial charge in [-0.15, -0.1) is 0 Å². The number of ether oxygens (including phenoxy) is 3. The van der Waals surface area contributed by atoms with Crippen LogP contribution in [0, 0.1) is 0 Å². The summed E-state index contributed by atoms with van der Waals surface area (Å²) in [7, 11) is 1.55. The van der Waals surface area contributed by atoms with E-state index in [2.05, 4.69) is 4.74 Å². The minimum absolute atomic E-state index is 0.689. The lowest BCUT2D eigenvalue weighted by molar-refractivity contribution is -0.173. The Kier molecular flexibility index (Phi) is 6.79. The number of carboxylic acid groups (broad SMARTS) is 1. The summed E-state index contributed by atoms with van der Waals surface area (Å²) in [6, 6.07) is 6.96. The number of carboxylic acids is 1. The van der Waals surface area contributed by atoms with E-state index >= 15 is 0 Å². The van der Waals surface area contributed by atoms with Gasteiger partial charge in [0.1, 0.15) is 5.75 Å². The van der Waals surface area contributed by atoms with E-state index in [0.717, 1.165) is 11.6 Å². The Balaban J connectivity index is 2.52. The van der Waals surface area contributed by atoms with Gasteiger partial charge in [0.05, 0.1) is 7.11 Å². The Bertz CT molecular complexity index is 589. The third-order valence-electron chi connectivity index (χ3n) is 2.79. The van der Waals surface area contributed by atoms with Gasteiger partial charge in [-0.1, -0.05) is 12.1 Å². The molecule has 1 aromatic carbocycles. The number of methoxy groups -OCH3 is 1. The fourth-order valence-corrected chi connectivity index (χ4v) is 1.46. The van der Waals surface area contributed by atoms with Crippen LogP contribution >= 0.6 is 0 Å². The fourth-order valence-electron chi connectivity index (χ4n) is 1.46. The summed E-state index contributed by atoms with van der Waals surface area (Å²) in [4.78, 5) is 33.7. The second-order valence-corrected chi connectivity index (χ2v) is 4.60. The molecule has 0 aliphatic carbocycles. The normalized spacial score (nSPS) is 13.2. The smallest absolute Gasteiger partial charge is 0.348 e. The van der Waals surface area contributed by atoms with E-state index in [4.69, 9.17) is 14.6 Å². The molecule has 0 spiro atoms. The topological polar surface area (TPSA) is 99.1 Å². The number of esters is 2. The minimum atomic E-state index is -1.31. The van der Waals surface area contributed by atoms with Gasteiger partial charge in [-0.3, -0.25) is 0 Å². The van der Waals surface area contributed by atoms with Crippen molar-refractivity contribution < 1.29 is 33.7 Å². The lowest BCUT2D eigenvalue weighted by Gasteiger charge is -2.13. The molecule has 0 heterocycles. The van der Waals surface area contributed by atoms with Crippen molar-refractivity contribution in [2.75, 3.05) is 7.11 Å². The summed E-state index contributed by atoms with van der Waals surface area (Å²) < 4.78 is 14.5. The molecule has 2 atom stereocenters. The van der Waals surface area contributed by atoms with Crippen LogP contribution in [0.25, 0.3) is 6.08 Å². The number of hydrogen-bond acceptors (Lipinski definition) is 6. The number of benzene rings is 1. The molecular weight excluding hydrogens is 304 g/mol. The lowest BCUT2D eigenvalue weighted by atomic mass is 10.2. The van der Waals surface area contributed by atoms with E-state index in [1.54, 1.807) is 31.4 Å². The first-order valence-corrected chi connectivity index (χ1v) is 6.79. The van der Waals surface area contributed by atoms with E-state index in [-0.39, 0.29) is 0 Å². The molecule has 0 aliphatic rings. The van der Waals surface area contributed by atoms with Crippen molar-refractivity contribution >= 4 is 24.0 Å². The molecule has 0 amide bonds. The summed E-state index contributed by atoms with van der Waals surface area (Å²) in [6.07, 6.45) is 0.162. The SMILES string of the molecule is COc1ccc(/C=C/C(=O)OC(C)C(=O)OC(C)C(=O)O)cc1. The molecule has 1 aromatic rings. The lowest BCUT2D eigenvalue weighted by Crippen LogP contribution is -2.31. The number of hydrogen-bond donors (Lipinski definition) is 1. The van der Waals surface area contributed by atoms with E-state index in [0.29, 0.717) is 5.75 Å². The van der Waals surface area contributed by atoms with Crippen LogP contribution in [-0.4, -0.2) is 42.3 Å². The Morgan fingerprint density at radius 2 is 1.65 bits per heavy atom. The van der Waals surface area contributed by atoms with Crippen LogP contribution in [-0.2, 0) is 23.9 Å². The monoisotopic (exact) mass is 322 g/mol. The molecule has 2 unspecified atom stereocenters. The second-order valence-electron chi connectivity index (χ2n) is 4.60. The first kappa shape index (κ1) is 18.2. The molecule has 1 rings (SSSR count). The number of carbonyl (C=O) groups is 3. The Morgan fingerprint density at radius 1 is 1.04 bits per heavy atom. The summed E-state index contributed by atoms with van der Waals surface area (Å²) in [5.74, 6) is -2.26. The highest BCUT2D eigenvalue weighted by Gasteiger charge is 2.23. The molecule has 0 saturated heterocycles. The standard InChI is InChI=1S/C16H18O7/c1-10(15(18)19)23-16(20)11(2)22-14(17)9-6-12-4-7-13(21-3)8-5-12/h4-11H,1-3H3,(H,18,19)/b9-6+. The largest absolute Gasteiger partial charge is 0.497 e. The molecule has 0 bridgehead atoms. The van der Waals surface area contributed by atoms with Crippen LogP contribution in [0.3, 0.4) is 0 Å². The highest BCUT2D eigenvalue weighted by molar-refractivity contribution is 5.89. The number of rotatable bonds is 7. The Labute approximate surface area is 133 Å². The van der Waals surface area contributed by atoms with Crippen molar-refractivity contribution in [2.24, 2.45) is 0 Å². The van der Waals surface area contributed by atoms with E-state index in [1.165, 1.54) is 19.9 Å². The summed E-state index contributed by atoms with van der Waals surface area (Å²) >= 11 is 0. The molecular formula is C16H18O7. The average Bonchev–Trinajstić information content (AvgIpc) is 2.53. The van der Waals surface area contributed by atoms with Gasteiger partial charge in [0.2, 0.25) is 0 Å². The van der Waals surface area contributed by atoms with Gasteiger partial charge in [-0.05, 0) is 37.6 Å². The predicted octanol–water partition coefficient (Wildman–Crippen LogP) is 1.66. The van der Waals surface area contributed by atoms with Gasteiger partial charge >= 0.3 is 17.9 Å². The molecule has 0 radical (unpaired) electrons. The van der Waals surface area contributed by atoms with Crippen LogP contribution in [0.5, 0.6) is 5.75 Å². The molecule has 0 fully saturated rings. The van der Waals surface area contributed by atoms with Gasteiger partial charge in [0.15, 0.2) is 12.2 Å². The first-order chi connectivity index (χ1) is 10.8. The highest BCUT2D eigenvalue weighted by atomic mass is 16.6. The maximum Gasteiger partial charge on any atom is 0.348 e. The molecule has 0 saturated carbocycles. The highest BCUT2D eigenvalue weighted by Crippen LogP contribution is 2.12.